The van der Waals surface area contributed by atoms with Gasteiger partial charge in [0, 0.05) is 18.9 Å². The number of fused-ring (bicyclic) bond motifs is 3. The van der Waals surface area contributed by atoms with Crippen LogP contribution >= 0.6 is 0 Å². The Bertz CT molecular complexity index is 1540. The van der Waals surface area contributed by atoms with Crippen molar-refractivity contribution < 1.29 is 13.2 Å². The maximum Gasteiger partial charge on any atom is 0.416 e. The minimum atomic E-state index is -4.40. The molecule has 0 saturated carbocycles. The van der Waals surface area contributed by atoms with Crippen molar-refractivity contribution in [3.63, 3.8) is 0 Å². The Kier molecular flexibility index (Phi) is 4.84. The van der Waals surface area contributed by atoms with Crippen molar-refractivity contribution in [2.24, 2.45) is 0 Å². The van der Waals surface area contributed by atoms with E-state index in [1.54, 1.807) is 27.4 Å². The number of rotatable bonds is 5. The standard InChI is InChI=1S/C22H20F3N7O/c1-3-7-31-20(33)17-19(32-10-13(2)27-21(31)32)29-18(28-17)15-9-26-30(12-15)11-14-5-4-6-16(8-14)22(23,24)25/h4-6,8-10,12H,3,7,11H2,1-2H3,(H,28,29). The number of nitrogens with zero attached hydrogens (tertiary/aromatic N) is 6. The molecule has 8 nitrogen and oxygen atoms in total. The third-order valence-electron chi connectivity index (χ3n) is 5.37. The number of alkyl halides is 3. The molecule has 0 radical (unpaired) electrons. The number of nitrogens with one attached hydrogen (secondary N) is 1. The van der Waals surface area contributed by atoms with E-state index in [0.717, 1.165) is 24.2 Å². The second kappa shape index (κ2) is 7.61. The van der Waals surface area contributed by atoms with Gasteiger partial charge in [0.2, 0.25) is 5.78 Å². The Balaban J connectivity index is 1.53. The summed E-state index contributed by atoms with van der Waals surface area (Å²) in [6.45, 7) is 4.53. The molecule has 4 heterocycles. The van der Waals surface area contributed by atoms with Gasteiger partial charge in [-0.3, -0.25) is 18.4 Å². The normalized spacial score (nSPS) is 12.3. The highest BCUT2D eigenvalue weighted by Crippen LogP contribution is 2.29. The molecule has 0 aliphatic carbocycles. The predicted molar refractivity (Wildman–Crippen MR) is 116 cm³/mol. The van der Waals surface area contributed by atoms with Crippen LogP contribution in [0.5, 0.6) is 0 Å². The van der Waals surface area contributed by atoms with Crippen molar-refractivity contribution in [1.29, 1.82) is 0 Å². The highest BCUT2D eigenvalue weighted by molar-refractivity contribution is 5.77. The zero-order valence-corrected chi connectivity index (χ0v) is 17.9. The van der Waals surface area contributed by atoms with E-state index >= 15 is 0 Å². The third-order valence-corrected chi connectivity index (χ3v) is 5.37. The Morgan fingerprint density at radius 3 is 2.73 bits per heavy atom. The largest absolute Gasteiger partial charge is 0.416 e. The summed E-state index contributed by atoms with van der Waals surface area (Å²) < 4.78 is 43.9. The predicted octanol–water partition coefficient (Wildman–Crippen LogP) is 4.02. The van der Waals surface area contributed by atoms with Crippen molar-refractivity contribution in [3.05, 3.63) is 70.0 Å². The molecular formula is C22H20F3N7O. The zero-order chi connectivity index (χ0) is 23.3. The molecule has 170 valence electrons. The van der Waals surface area contributed by atoms with Gasteiger partial charge in [0.1, 0.15) is 5.82 Å². The van der Waals surface area contributed by atoms with Crippen LogP contribution in [0, 0.1) is 6.92 Å². The van der Waals surface area contributed by atoms with Crippen LogP contribution in [0.2, 0.25) is 0 Å². The van der Waals surface area contributed by atoms with Crippen LogP contribution in [0.25, 0.3) is 28.3 Å². The first-order chi connectivity index (χ1) is 15.7. The van der Waals surface area contributed by atoms with Crippen molar-refractivity contribution in [1.82, 2.24) is 33.7 Å². The molecule has 5 rings (SSSR count). The van der Waals surface area contributed by atoms with Gasteiger partial charge in [-0.2, -0.15) is 18.3 Å². The topological polar surface area (TPSA) is 85.8 Å². The van der Waals surface area contributed by atoms with Gasteiger partial charge in [-0.15, -0.1) is 0 Å². The summed E-state index contributed by atoms with van der Waals surface area (Å²) in [4.78, 5) is 25.2. The number of aryl methyl sites for hydroxylation is 2. The van der Waals surface area contributed by atoms with Gasteiger partial charge in [0.15, 0.2) is 11.2 Å². The van der Waals surface area contributed by atoms with Gasteiger partial charge in [-0.05, 0) is 31.0 Å². The molecule has 0 amide bonds. The summed E-state index contributed by atoms with van der Waals surface area (Å²) in [6, 6.07) is 5.14. The Labute approximate surface area is 185 Å². The monoisotopic (exact) mass is 455 g/mol. The fourth-order valence-corrected chi connectivity index (χ4v) is 3.91. The van der Waals surface area contributed by atoms with Gasteiger partial charge in [-0.25, -0.2) is 9.97 Å². The summed E-state index contributed by atoms with van der Waals surface area (Å²) in [7, 11) is 0. The molecule has 5 aromatic rings. The maximum absolute atomic E-state index is 13.1. The molecule has 0 fully saturated rings. The molecule has 1 N–H and O–H groups in total. The lowest BCUT2D eigenvalue weighted by molar-refractivity contribution is -0.137. The van der Waals surface area contributed by atoms with Crippen LogP contribution in [0.1, 0.15) is 30.2 Å². The molecule has 0 aliphatic heterocycles. The van der Waals surface area contributed by atoms with Crippen LogP contribution < -0.4 is 5.56 Å². The average molecular weight is 455 g/mol. The number of H-pyrrole nitrogens is 1. The Morgan fingerprint density at radius 2 is 1.97 bits per heavy atom. The van der Waals surface area contributed by atoms with Crippen LogP contribution in [0.3, 0.4) is 0 Å². The van der Waals surface area contributed by atoms with Gasteiger partial charge in [-0.1, -0.05) is 19.1 Å². The Morgan fingerprint density at radius 1 is 1.15 bits per heavy atom. The number of benzene rings is 1. The van der Waals surface area contributed by atoms with Crippen molar-refractivity contribution in [2.75, 3.05) is 0 Å². The molecule has 11 heteroatoms. The van der Waals surface area contributed by atoms with Crippen LogP contribution in [0.15, 0.2) is 47.7 Å². The summed E-state index contributed by atoms with van der Waals surface area (Å²) in [5.74, 6) is 0.976. The lowest BCUT2D eigenvalue weighted by Gasteiger charge is -2.08. The second-order valence-electron chi connectivity index (χ2n) is 7.92. The molecule has 1 aromatic carbocycles. The van der Waals surface area contributed by atoms with E-state index in [0.29, 0.717) is 40.4 Å². The molecule has 0 bridgehead atoms. The van der Waals surface area contributed by atoms with Gasteiger partial charge in [0.05, 0.1) is 29.6 Å². The van der Waals surface area contributed by atoms with E-state index < -0.39 is 11.7 Å². The van der Waals surface area contributed by atoms with E-state index in [9.17, 15) is 18.0 Å². The van der Waals surface area contributed by atoms with Gasteiger partial charge >= 0.3 is 6.18 Å². The van der Waals surface area contributed by atoms with Crippen molar-refractivity contribution in [2.45, 2.75) is 39.5 Å². The second-order valence-corrected chi connectivity index (χ2v) is 7.92. The number of hydrogen-bond acceptors (Lipinski definition) is 4. The highest BCUT2D eigenvalue weighted by atomic mass is 19.4. The minimum absolute atomic E-state index is 0.165. The molecule has 4 aromatic heterocycles. The highest BCUT2D eigenvalue weighted by Gasteiger charge is 2.30. The summed E-state index contributed by atoms with van der Waals surface area (Å²) in [5.41, 5.74) is 1.77. The average Bonchev–Trinajstić information content (AvgIpc) is 3.48. The SMILES string of the molecule is CCCn1c(=O)c2[nH]c(-c3cnn(Cc4cccc(C(F)(F)F)c4)c3)nc2n2cc(C)nc12. The number of hydrogen-bond donors (Lipinski definition) is 1. The quantitative estimate of drug-likeness (QED) is 0.434. The fourth-order valence-electron chi connectivity index (χ4n) is 3.91. The minimum Gasteiger partial charge on any atom is -0.332 e. The van der Waals surface area contributed by atoms with E-state index in [1.807, 2.05) is 20.0 Å². The number of aromatic amines is 1. The van der Waals surface area contributed by atoms with E-state index in [1.165, 1.54) is 10.7 Å². The van der Waals surface area contributed by atoms with Crippen molar-refractivity contribution >= 4 is 16.9 Å². The van der Waals surface area contributed by atoms with Crippen LogP contribution in [0.4, 0.5) is 13.2 Å². The summed E-state index contributed by atoms with van der Waals surface area (Å²) in [5, 5.41) is 4.26. The first-order valence-electron chi connectivity index (χ1n) is 10.4. The molecule has 0 unspecified atom stereocenters. The van der Waals surface area contributed by atoms with E-state index in [4.69, 9.17) is 0 Å². The van der Waals surface area contributed by atoms with E-state index in [2.05, 4.69) is 20.1 Å². The first-order valence-corrected chi connectivity index (χ1v) is 10.4. The zero-order valence-electron chi connectivity index (χ0n) is 17.9. The Hall–Kier alpha value is -3.89. The number of halogens is 3. The van der Waals surface area contributed by atoms with Crippen molar-refractivity contribution in [3.8, 4) is 11.4 Å². The first kappa shape index (κ1) is 21.0. The van der Waals surface area contributed by atoms with Gasteiger partial charge < -0.3 is 4.98 Å². The third kappa shape index (κ3) is 3.69. The molecular weight excluding hydrogens is 435 g/mol. The van der Waals surface area contributed by atoms with E-state index in [-0.39, 0.29) is 12.1 Å². The lowest BCUT2D eigenvalue weighted by atomic mass is 10.1. The van der Waals surface area contributed by atoms with Crippen LogP contribution in [-0.2, 0) is 19.3 Å². The molecule has 0 saturated heterocycles. The molecule has 0 spiro atoms. The maximum atomic E-state index is 13.1. The fraction of sp³-hybridized carbons (Fsp3) is 0.273. The molecule has 33 heavy (non-hydrogen) atoms. The summed E-state index contributed by atoms with van der Waals surface area (Å²) >= 11 is 0. The van der Waals surface area contributed by atoms with Crippen LogP contribution in [-0.4, -0.2) is 33.7 Å². The smallest absolute Gasteiger partial charge is 0.332 e. The van der Waals surface area contributed by atoms with Gasteiger partial charge in [0.25, 0.3) is 5.56 Å². The number of imidazole rings is 2. The molecule has 0 atom stereocenters. The molecule has 0 aliphatic rings. The number of aromatic nitrogens is 7. The summed E-state index contributed by atoms with van der Waals surface area (Å²) in [6.07, 6.45) is 1.44. The lowest BCUT2D eigenvalue weighted by Crippen LogP contribution is -2.23.